The molecule has 0 saturated carbocycles. The SMILES string of the molecule is COc1ccc(C#CCN2CCc3ncn(Cc4ccc(-c5ccoc5)cc4)c(=O)c3C2)cc1. The van der Waals surface area contributed by atoms with E-state index in [0.29, 0.717) is 19.6 Å². The van der Waals surface area contributed by atoms with Gasteiger partial charge in [-0.25, -0.2) is 4.98 Å². The van der Waals surface area contributed by atoms with E-state index < -0.39 is 0 Å². The van der Waals surface area contributed by atoms with Crippen molar-refractivity contribution >= 4 is 0 Å². The molecule has 2 aromatic carbocycles. The molecule has 0 atom stereocenters. The Bertz CT molecular complexity index is 1380. The number of aromatic nitrogens is 2. The van der Waals surface area contributed by atoms with Gasteiger partial charge in [0.25, 0.3) is 5.56 Å². The number of furan rings is 1. The van der Waals surface area contributed by atoms with Crippen molar-refractivity contribution in [1.82, 2.24) is 14.5 Å². The highest BCUT2D eigenvalue weighted by Crippen LogP contribution is 2.20. The van der Waals surface area contributed by atoms with Gasteiger partial charge in [-0.2, -0.15) is 0 Å². The molecule has 0 bridgehead atoms. The molecule has 0 spiro atoms. The first-order valence-electron chi connectivity index (χ1n) is 11.2. The van der Waals surface area contributed by atoms with Crippen LogP contribution in [-0.2, 0) is 19.5 Å². The molecule has 0 aliphatic carbocycles. The van der Waals surface area contributed by atoms with E-state index in [1.807, 2.05) is 54.6 Å². The Hall–Kier alpha value is -4.08. The highest BCUT2D eigenvalue weighted by atomic mass is 16.5. The minimum absolute atomic E-state index is 0.0247. The first kappa shape index (κ1) is 21.7. The van der Waals surface area contributed by atoms with Crippen LogP contribution in [0.15, 0.2) is 82.7 Å². The number of rotatable bonds is 5. The third-order valence-electron chi connectivity index (χ3n) is 6.05. The summed E-state index contributed by atoms with van der Waals surface area (Å²) in [4.78, 5) is 20.0. The van der Waals surface area contributed by atoms with Gasteiger partial charge in [0.2, 0.25) is 0 Å². The fourth-order valence-corrected chi connectivity index (χ4v) is 4.11. The second-order valence-corrected chi connectivity index (χ2v) is 8.30. The minimum atomic E-state index is 0.0247. The van der Waals surface area contributed by atoms with Crippen molar-refractivity contribution in [3.8, 4) is 28.7 Å². The molecule has 0 amide bonds. The molecule has 0 N–H and O–H groups in total. The monoisotopic (exact) mass is 451 g/mol. The van der Waals surface area contributed by atoms with Crippen molar-refractivity contribution in [1.29, 1.82) is 0 Å². The molecule has 0 unspecified atom stereocenters. The summed E-state index contributed by atoms with van der Waals surface area (Å²) in [6, 6.07) is 17.8. The van der Waals surface area contributed by atoms with Crippen molar-refractivity contribution in [3.05, 3.63) is 106 Å². The first-order chi connectivity index (χ1) is 16.7. The number of hydrogen-bond donors (Lipinski definition) is 0. The number of fused-ring (bicyclic) bond motifs is 1. The van der Waals surface area contributed by atoms with Crippen LogP contribution in [0.3, 0.4) is 0 Å². The van der Waals surface area contributed by atoms with E-state index in [4.69, 9.17) is 9.15 Å². The molecule has 6 nitrogen and oxygen atoms in total. The molecule has 4 aromatic rings. The molecular weight excluding hydrogens is 426 g/mol. The van der Waals surface area contributed by atoms with Gasteiger partial charge in [-0.15, -0.1) is 0 Å². The highest BCUT2D eigenvalue weighted by molar-refractivity contribution is 5.62. The zero-order valence-electron chi connectivity index (χ0n) is 19.0. The largest absolute Gasteiger partial charge is 0.497 e. The molecular formula is C28H25N3O3. The maximum absolute atomic E-state index is 13.2. The van der Waals surface area contributed by atoms with Crippen molar-refractivity contribution in [3.63, 3.8) is 0 Å². The zero-order chi connectivity index (χ0) is 23.3. The van der Waals surface area contributed by atoms with E-state index in [9.17, 15) is 4.79 Å². The topological polar surface area (TPSA) is 60.5 Å². The highest BCUT2D eigenvalue weighted by Gasteiger charge is 2.20. The van der Waals surface area contributed by atoms with Gasteiger partial charge in [-0.1, -0.05) is 36.1 Å². The lowest BCUT2D eigenvalue weighted by molar-refractivity contribution is 0.280. The van der Waals surface area contributed by atoms with Gasteiger partial charge in [0.15, 0.2) is 0 Å². The van der Waals surface area contributed by atoms with Crippen LogP contribution in [0.4, 0.5) is 0 Å². The summed E-state index contributed by atoms with van der Waals surface area (Å²) in [6.07, 6.45) is 5.81. The van der Waals surface area contributed by atoms with E-state index in [0.717, 1.165) is 52.2 Å². The lowest BCUT2D eigenvalue weighted by atomic mass is 10.1. The number of hydrogen-bond acceptors (Lipinski definition) is 5. The van der Waals surface area contributed by atoms with Crippen LogP contribution < -0.4 is 10.3 Å². The molecule has 0 saturated heterocycles. The lowest BCUT2D eigenvalue weighted by Crippen LogP contribution is -2.38. The number of nitrogens with zero attached hydrogens (tertiary/aromatic N) is 3. The van der Waals surface area contributed by atoms with Crippen molar-refractivity contribution in [2.45, 2.75) is 19.5 Å². The Kier molecular flexibility index (Phi) is 6.28. The summed E-state index contributed by atoms with van der Waals surface area (Å²) in [7, 11) is 1.65. The Morgan fingerprint density at radius 2 is 1.88 bits per heavy atom. The third-order valence-corrected chi connectivity index (χ3v) is 6.05. The van der Waals surface area contributed by atoms with Crippen molar-refractivity contribution < 1.29 is 9.15 Å². The molecule has 0 radical (unpaired) electrons. The number of methoxy groups -OCH3 is 1. The zero-order valence-corrected chi connectivity index (χ0v) is 19.0. The van der Waals surface area contributed by atoms with E-state index in [-0.39, 0.29) is 5.56 Å². The molecule has 170 valence electrons. The van der Waals surface area contributed by atoms with Crippen LogP contribution in [-0.4, -0.2) is 34.7 Å². The first-order valence-corrected chi connectivity index (χ1v) is 11.2. The number of benzene rings is 2. The molecule has 1 aliphatic rings. The molecule has 2 aromatic heterocycles. The van der Waals surface area contributed by atoms with E-state index in [1.54, 1.807) is 30.5 Å². The van der Waals surface area contributed by atoms with E-state index in [1.165, 1.54) is 0 Å². The van der Waals surface area contributed by atoms with Crippen LogP contribution in [0.5, 0.6) is 5.75 Å². The average molecular weight is 452 g/mol. The van der Waals surface area contributed by atoms with Crippen LogP contribution in [0.2, 0.25) is 0 Å². The van der Waals surface area contributed by atoms with Gasteiger partial charge in [0, 0.05) is 30.6 Å². The fraction of sp³-hybridized carbons (Fsp3) is 0.214. The van der Waals surface area contributed by atoms with E-state index in [2.05, 4.69) is 21.7 Å². The molecule has 1 aliphatic heterocycles. The Labute approximate surface area is 198 Å². The molecule has 6 heteroatoms. The summed E-state index contributed by atoms with van der Waals surface area (Å²) in [5.74, 6) is 7.23. The summed E-state index contributed by atoms with van der Waals surface area (Å²) >= 11 is 0. The van der Waals surface area contributed by atoms with E-state index >= 15 is 0 Å². The molecule has 0 fully saturated rings. The Morgan fingerprint density at radius 1 is 1.06 bits per heavy atom. The Balaban J connectivity index is 1.27. The maximum Gasteiger partial charge on any atom is 0.258 e. The quantitative estimate of drug-likeness (QED) is 0.430. The summed E-state index contributed by atoms with van der Waals surface area (Å²) in [5, 5.41) is 0. The average Bonchev–Trinajstić information content (AvgIpc) is 3.42. The minimum Gasteiger partial charge on any atom is -0.497 e. The smallest absolute Gasteiger partial charge is 0.258 e. The normalized spacial score (nSPS) is 13.1. The molecule has 5 rings (SSSR count). The predicted octanol–water partition coefficient (Wildman–Crippen LogP) is 3.97. The fourth-order valence-electron chi connectivity index (χ4n) is 4.11. The maximum atomic E-state index is 13.2. The second-order valence-electron chi connectivity index (χ2n) is 8.30. The van der Waals surface area contributed by atoms with Gasteiger partial charge >= 0.3 is 0 Å². The standard InChI is InChI=1S/C28H25N3O3/c1-33-25-10-6-21(7-11-25)3-2-14-30-15-12-27-26(18-30)28(32)31(20-29-27)17-22-4-8-23(9-5-22)24-13-16-34-19-24/h4-11,13,16,19-20H,12,14-15,17-18H2,1H3. The van der Waals surface area contributed by atoms with Crippen molar-refractivity contribution in [2.75, 3.05) is 20.2 Å². The molecule has 3 heterocycles. The van der Waals surface area contributed by atoms with Gasteiger partial charge < -0.3 is 9.15 Å². The summed E-state index contributed by atoms with van der Waals surface area (Å²) in [6.45, 7) is 2.51. The van der Waals surface area contributed by atoms with Crippen LogP contribution in [0, 0.1) is 11.8 Å². The predicted molar refractivity (Wildman–Crippen MR) is 131 cm³/mol. The third kappa shape index (κ3) is 4.80. The summed E-state index contributed by atoms with van der Waals surface area (Å²) in [5.41, 5.74) is 5.81. The van der Waals surface area contributed by atoms with Crippen molar-refractivity contribution in [2.24, 2.45) is 0 Å². The van der Waals surface area contributed by atoms with Crippen LogP contribution in [0.25, 0.3) is 11.1 Å². The molecule has 34 heavy (non-hydrogen) atoms. The second kappa shape index (κ2) is 9.82. The summed E-state index contributed by atoms with van der Waals surface area (Å²) < 4.78 is 12.0. The van der Waals surface area contributed by atoms with Gasteiger partial charge in [0.05, 0.1) is 50.3 Å². The lowest BCUT2D eigenvalue weighted by Gasteiger charge is -2.26. The Morgan fingerprint density at radius 3 is 2.62 bits per heavy atom. The van der Waals surface area contributed by atoms with Crippen LogP contribution >= 0.6 is 0 Å². The van der Waals surface area contributed by atoms with Gasteiger partial charge in [0.1, 0.15) is 5.75 Å². The number of ether oxygens (including phenoxy) is 1. The van der Waals surface area contributed by atoms with Gasteiger partial charge in [-0.05, 0) is 41.5 Å². The van der Waals surface area contributed by atoms with Crippen LogP contribution in [0.1, 0.15) is 22.4 Å². The van der Waals surface area contributed by atoms with Gasteiger partial charge in [-0.3, -0.25) is 14.3 Å².